The molecule has 0 aromatic heterocycles. The second-order valence-electron chi connectivity index (χ2n) is 6.78. The first kappa shape index (κ1) is 18.8. The molecule has 0 bridgehead atoms. The van der Waals surface area contributed by atoms with E-state index in [0.717, 1.165) is 22.6 Å². The number of hydrogen-bond donors (Lipinski definition) is 2. The summed E-state index contributed by atoms with van der Waals surface area (Å²) in [6.45, 7) is 7.24. The van der Waals surface area contributed by atoms with E-state index in [9.17, 15) is 0 Å². The SMILES string of the molecule is COc1ccc(NC(N)=NCc2cccc(COC(C)(C)C)c2)cc1. The molecule has 0 radical (unpaired) electrons. The topological polar surface area (TPSA) is 68.9 Å². The molecule has 2 rings (SSSR count). The smallest absolute Gasteiger partial charge is 0.193 e. The van der Waals surface area contributed by atoms with E-state index < -0.39 is 0 Å². The van der Waals surface area contributed by atoms with Crippen molar-refractivity contribution in [1.29, 1.82) is 0 Å². The van der Waals surface area contributed by atoms with Crippen LogP contribution in [-0.2, 0) is 17.9 Å². The number of aliphatic imine (C=N–C) groups is 1. The summed E-state index contributed by atoms with van der Waals surface area (Å²) in [6.07, 6.45) is 0. The lowest BCUT2D eigenvalue weighted by Gasteiger charge is -2.19. The molecular weight excluding hydrogens is 314 g/mol. The fraction of sp³-hybridized carbons (Fsp3) is 0.350. The monoisotopic (exact) mass is 341 g/mol. The highest BCUT2D eigenvalue weighted by Gasteiger charge is 2.10. The predicted octanol–water partition coefficient (Wildman–Crippen LogP) is 3.94. The maximum Gasteiger partial charge on any atom is 0.193 e. The molecule has 0 aliphatic carbocycles. The van der Waals surface area contributed by atoms with Crippen LogP contribution in [0.3, 0.4) is 0 Å². The molecule has 0 spiro atoms. The number of rotatable bonds is 6. The fourth-order valence-corrected chi connectivity index (χ4v) is 2.16. The van der Waals surface area contributed by atoms with Crippen molar-refractivity contribution in [3.05, 3.63) is 59.7 Å². The number of hydrogen-bond acceptors (Lipinski definition) is 3. The number of nitrogens with one attached hydrogen (secondary N) is 1. The van der Waals surface area contributed by atoms with Crippen molar-refractivity contribution < 1.29 is 9.47 Å². The quantitative estimate of drug-likeness (QED) is 0.617. The summed E-state index contributed by atoms with van der Waals surface area (Å²) in [5.41, 5.74) is 8.90. The highest BCUT2D eigenvalue weighted by molar-refractivity contribution is 5.92. The van der Waals surface area contributed by atoms with Crippen LogP contribution in [-0.4, -0.2) is 18.7 Å². The van der Waals surface area contributed by atoms with E-state index in [4.69, 9.17) is 15.2 Å². The van der Waals surface area contributed by atoms with Gasteiger partial charge in [0.05, 0.1) is 25.9 Å². The maximum absolute atomic E-state index is 5.96. The first-order valence-electron chi connectivity index (χ1n) is 8.28. The molecular formula is C20H27N3O2. The van der Waals surface area contributed by atoms with E-state index in [0.29, 0.717) is 19.1 Å². The van der Waals surface area contributed by atoms with E-state index in [-0.39, 0.29) is 5.60 Å². The van der Waals surface area contributed by atoms with Crippen molar-refractivity contribution in [2.24, 2.45) is 10.7 Å². The van der Waals surface area contributed by atoms with Gasteiger partial charge in [-0.25, -0.2) is 4.99 Å². The van der Waals surface area contributed by atoms with Gasteiger partial charge in [0.2, 0.25) is 0 Å². The molecule has 0 aliphatic heterocycles. The minimum Gasteiger partial charge on any atom is -0.497 e. The largest absolute Gasteiger partial charge is 0.497 e. The number of methoxy groups -OCH3 is 1. The lowest BCUT2D eigenvalue weighted by molar-refractivity contribution is -0.0149. The third kappa shape index (κ3) is 6.85. The molecule has 2 aromatic rings. The number of nitrogens with two attached hydrogens (primary N) is 1. The van der Waals surface area contributed by atoms with Crippen molar-refractivity contribution in [2.45, 2.75) is 39.5 Å². The zero-order valence-corrected chi connectivity index (χ0v) is 15.4. The van der Waals surface area contributed by atoms with Crippen molar-refractivity contribution >= 4 is 11.6 Å². The summed E-state index contributed by atoms with van der Waals surface area (Å²) in [5.74, 6) is 1.18. The Hall–Kier alpha value is -2.53. The molecule has 0 unspecified atom stereocenters. The van der Waals surface area contributed by atoms with Gasteiger partial charge in [0.1, 0.15) is 5.75 Å². The van der Waals surface area contributed by atoms with Gasteiger partial charge < -0.3 is 20.5 Å². The van der Waals surface area contributed by atoms with Crippen molar-refractivity contribution in [3.63, 3.8) is 0 Å². The molecule has 2 aromatic carbocycles. The standard InChI is InChI=1S/C20H27N3O2/c1-20(2,3)25-14-16-7-5-6-15(12-16)13-22-19(21)23-17-8-10-18(24-4)11-9-17/h5-12H,13-14H2,1-4H3,(H3,21,22,23). The summed E-state index contributed by atoms with van der Waals surface area (Å²) in [4.78, 5) is 4.39. The Morgan fingerprint density at radius 3 is 2.40 bits per heavy atom. The van der Waals surface area contributed by atoms with Gasteiger partial charge in [-0.1, -0.05) is 24.3 Å². The molecule has 0 aliphatic rings. The summed E-state index contributed by atoms with van der Waals surface area (Å²) in [7, 11) is 1.64. The first-order chi connectivity index (χ1) is 11.9. The van der Waals surface area contributed by atoms with Gasteiger partial charge in [-0.3, -0.25) is 0 Å². The number of anilines is 1. The second-order valence-corrected chi connectivity index (χ2v) is 6.78. The van der Waals surface area contributed by atoms with Crippen LogP contribution in [0.4, 0.5) is 5.69 Å². The molecule has 134 valence electrons. The predicted molar refractivity (Wildman–Crippen MR) is 103 cm³/mol. The molecule has 5 heteroatoms. The Morgan fingerprint density at radius 2 is 1.76 bits per heavy atom. The minimum absolute atomic E-state index is 0.152. The molecule has 0 heterocycles. The molecule has 0 atom stereocenters. The van der Waals surface area contributed by atoms with Gasteiger partial charge in [-0.05, 0) is 56.2 Å². The minimum atomic E-state index is -0.152. The molecule has 5 nitrogen and oxygen atoms in total. The number of benzene rings is 2. The van der Waals surface area contributed by atoms with Crippen molar-refractivity contribution in [1.82, 2.24) is 0 Å². The lowest BCUT2D eigenvalue weighted by atomic mass is 10.1. The lowest BCUT2D eigenvalue weighted by Crippen LogP contribution is -2.22. The molecule has 0 saturated heterocycles. The molecule has 0 fully saturated rings. The second kappa shape index (κ2) is 8.53. The third-order valence-corrected chi connectivity index (χ3v) is 3.46. The number of ether oxygens (including phenoxy) is 2. The summed E-state index contributed by atoms with van der Waals surface area (Å²) in [5, 5.41) is 3.07. The third-order valence-electron chi connectivity index (χ3n) is 3.46. The maximum atomic E-state index is 5.96. The van der Waals surface area contributed by atoms with Crippen molar-refractivity contribution in [2.75, 3.05) is 12.4 Å². The van der Waals surface area contributed by atoms with Crippen molar-refractivity contribution in [3.8, 4) is 5.75 Å². The highest BCUT2D eigenvalue weighted by atomic mass is 16.5. The van der Waals surface area contributed by atoms with Crippen LogP contribution in [0.25, 0.3) is 0 Å². The normalized spacial score (nSPS) is 12.1. The Kier molecular flexibility index (Phi) is 6.42. The number of nitrogens with zero attached hydrogens (tertiary/aromatic N) is 1. The van der Waals surface area contributed by atoms with E-state index >= 15 is 0 Å². The van der Waals surface area contributed by atoms with Gasteiger partial charge >= 0.3 is 0 Å². The number of guanidine groups is 1. The molecule has 0 saturated carbocycles. The highest BCUT2D eigenvalue weighted by Crippen LogP contribution is 2.15. The van der Waals surface area contributed by atoms with Gasteiger partial charge in [0.25, 0.3) is 0 Å². The van der Waals surface area contributed by atoms with Crippen LogP contribution in [0.1, 0.15) is 31.9 Å². The molecule has 0 amide bonds. The van der Waals surface area contributed by atoms with Crippen LogP contribution in [0, 0.1) is 0 Å². The van der Waals surface area contributed by atoms with Crippen LogP contribution < -0.4 is 15.8 Å². The Bertz CT molecular complexity index is 704. The summed E-state index contributed by atoms with van der Waals surface area (Å²) >= 11 is 0. The summed E-state index contributed by atoms with van der Waals surface area (Å²) in [6, 6.07) is 15.7. The van der Waals surface area contributed by atoms with Crippen LogP contribution in [0.15, 0.2) is 53.5 Å². The molecule has 25 heavy (non-hydrogen) atoms. The Morgan fingerprint density at radius 1 is 1.08 bits per heavy atom. The molecule has 3 N–H and O–H groups in total. The van der Waals surface area contributed by atoms with E-state index in [1.165, 1.54) is 0 Å². The van der Waals surface area contributed by atoms with Gasteiger partial charge in [0.15, 0.2) is 5.96 Å². The zero-order chi connectivity index (χ0) is 18.3. The van der Waals surface area contributed by atoms with Crippen LogP contribution >= 0.6 is 0 Å². The van der Waals surface area contributed by atoms with E-state index in [2.05, 4.69) is 22.4 Å². The Balaban J connectivity index is 1.93. The van der Waals surface area contributed by atoms with E-state index in [1.54, 1.807) is 7.11 Å². The van der Waals surface area contributed by atoms with E-state index in [1.807, 2.05) is 57.2 Å². The summed E-state index contributed by atoms with van der Waals surface area (Å²) < 4.78 is 10.9. The van der Waals surface area contributed by atoms with Gasteiger partial charge in [-0.15, -0.1) is 0 Å². The fourth-order valence-electron chi connectivity index (χ4n) is 2.16. The van der Waals surface area contributed by atoms with Crippen LogP contribution in [0.5, 0.6) is 5.75 Å². The average molecular weight is 341 g/mol. The van der Waals surface area contributed by atoms with Crippen LogP contribution in [0.2, 0.25) is 0 Å². The average Bonchev–Trinajstić information content (AvgIpc) is 2.59. The first-order valence-corrected chi connectivity index (χ1v) is 8.28. The zero-order valence-electron chi connectivity index (χ0n) is 15.4. The van der Waals surface area contributed by atoms with Gasteiger partial charge in [-0.2, -0.15) is 0 Å². The van der Waals surface area contributed by atoms with Gasteiger partial charge in [0, 0.05) is 5.69 Å². The Labute approximate surface area is 149 Å².